The van der Waals surface area contributed by atoms with Crippen LogP contribution in [0.3, 0.4) is 0 Å². The number of nitrogens with one attached hydrogen (secondary N) is 4. The lowest BCUT2D eigenvalue weighted by molar-refractivity contribution is -0.195. The minimum atomic E-state index is -4.39. The number of aryl methyl sites for hydroxylation is 1. The molecule has 0 saturated heterocycles. The maximum absolute atomic E-state index is 14.0. The van der Waals surface area contributed by atoms with E-state index in [4.69, 9.17) is 18.0 Å². The number of hydrazine groups is 2. The molecule has 6 rings (SSSR count). The molecule has 0 unspecified atom stereocenters. The van der Waals surface area contributed by atoms with Gasteiger partial charge in [0.25, 0.3) is 0 Å². The van der Waals surface area contributed by atoms with Gasteiger partial charge in [-0.1, -0.05) is 50.4 Å². The van der Waals surface area contributed by atoms with Gasteiger partial charge in [-0.25, -0.2) is 4.98 Å². The van der Waals surface area contributed by atoms with E-state index in [0.29, 0.717) is 34.0 Å². The first-order valence-corrected chi connectivity index (χ1v) is 14.3. The van der Waals surface area contributed by atoms with Gasteiger partial charge in [0, 0.05) is 42.6 Å². The van der Waals surface area contributed by atoms with Gasteiger partial charge in [0.2, 0.25) is 0 Å². The highest BCUT2D eigenvalue weighted by atomic mass is 35.5. The van der Waals surface area contributed by atoms with E-state index in [0.717, 1.165) is 32.7 Å². The van der Waals surface area contributed by atoms with Crippen molar-refractivity contribution in [1.29, 1.82) is 0 Å². The molecule has 1 saturated carbocycles. The van der Waals surface area contributed by atoms with Gasteiger partial charge in [0.1, 0.15) is 0 Å². The first-order valence-electron chi connectivity index (χ1n) is 13.9. The summed E-state index contributed by atoms with van der Waals surface area (Å²) in [6.07, 6.45) is 6.29. The summed E-state index contributed by atoms with van der Waals surface area (Å²) >= 11 is 6.78. The Kier molecular flexibility index (Phi) is 6.90. The quantitative estimate of drug-likeness (QED) is 0.175. The van der Waals surface area contributed by atoms with Crippen molar-refractivity contribution in [3.05, 3.63) is 70.9 Å². The van der Waals surface area contributed by atoms with Crippen LogP contribution >= 0.6 is 11.6 Å². The minimum absolute atomic E-state index is 0.0119. The zero-order valence-electron chi connectivity index (χ0n) is 24.2. The van der Waals surface area contributed by atoms with Gasteiger partial charge < -0.3 is 20.6 Å². The predicted octanol–water partition coefficient (Wildman–Crippen LogP) is 6.63. The normalized spacial score (nSPS) is 17.0. The van der Waals surface area contributed by atoms with Crippen LogP contribution in [0.2, 0.25) is 5.02 Å². The summed E-state index contributed by atoms with van der Waals surface area (Å²) in [6.45, 7) is 7.00. The highest BCUT2D eigenvalue weighted by molar-refractivity contribution is 6.35. The lowest BCUT2D eigenvalue weighted by Gasteiger charge is -2.28. The minimum Gasteiger partial charge on any atom is -0.383 e. The van der Waals surface area contributed by atoms with E-state index in [2.05, 4.69) is 58.3 Å². The van der Waals surface area contributed by atoms with Gasteiger partial charge in [0.05, 0.1) is 50.9 Å². The van der Waals surface area contributed by atoms with Gasteiger partial charge in [-0.15, -0.1) is 12.0 Å². The highest BCUT2D eigenvalue weighted by Gasteiger charge is 2.67. The van der Waals surface area contributed by atoms with Gasteiger partial charge in [-0.2, -0.15) is 13.2 Å². The van der Waals surface area contributed by atoms with Crippen molar-refractivity contribution < 1.29 is 13.2 Å². The third kappa shape index (κ3) is 5.19. The summed E-state index contributed by atoms with van der Waals surface area (Å²) in [4.78, 5) is 9.13. The second-order valence-corrected chi connectivity index (χ2v) is 12.7. The number of para-hydroxylation sites is 1. The maximum Gasteiger partial charge on any atom is 0.413 e. The molecule has 1 aliphatic heterocycles. The molecule has 224 valence electrons. The molecule has 12 heteroatoms. The van der Waals surface area contributed by atoms with Crippen molar-refractivity contribution >= 4 is 44.9 Å². The van der Waals surface area contributed by atoms with Gasteiger partial charge in [-0.05, 0) is 36.5 Å². The summed E-state index contributed by atoms with van der Waals surface area (Å²) in [5.74, 6) is 2.71. The molecule has 2 aromatic carbocycles. The zero-order chi connectivity index (χ0) is 30.7. The lowest BCUT2D eigenvalue weighted by Crippen LogP contribution is -2.52. The number of benzene rings is 2. The standard InChI is InChI=1S/C31H32ClF3N8/c1-6-18-14-36-26-21(25(18)37-16-29(2,3)4)12-19(13-22(26)32)39-27(20-8-7-9-24-28(20)38-17-42(24)5)23-15-43(41-40-23)30(10-11-30)31(33,34)35/h1,7-9,12-15,17,27,39-41H,10-11,16H2,2-5H3,(H,36,37)/t27-/m0/s1. The topological polar surface area (TPSA) is 82.1 Å². The molecular weight excluding hydrogens is 577 g/mol. The number of nitrogens with zero attached hydrogens (tertiary/aromatic N) is 4. The van der Waals surface area contributed by atoms with E-state index >= 15 is 0 Å². The van der Waals surface area contributed by atoms with Crippen molar-refractivity contribution in [2.24, 2.45) is 12.5 Å². The molecule has 4 N–H and O–H groups in total. The fourth-order valence-electron chi connectivity index (χ4n) is 5.38. The number of imidazole rings is 1. The molecular formula is C31H32ClF3N8. The van der Waals surface area contributed by atoms with Crippen molar-refractivity contribution in [3.8, 4) is 12.3 Å². The zero-order valence-corrected chi connectivity index (χ0v) is 25.0. The Morgan fingerprint density at radius 1 is 1.16 bits per heavy atom. The molecule has 3 heterocycles. The molecule has 1 aliphatic carbocycles. The number of hydrogen-bond donors (Lipinski definition) is 4. The van der Waals surface area contributed by atoms with Crippen LogP contribution in [-0.2, 0) is 7.05 Å². The van der Waals surface area contributed by atoms with Gasteiger partial charge in [0.15, 0.2) is 5.54 Å². The number of hydrogen-bond acceptors (Lipinski definition) is 7. The summed E-state index contributed by atoms with van der Waals surface area (Å²) in [5, 5.41) is 9.26. The summed E-state index contributed by atoms with van der Waals surface area (Å²) in [6, 6.07) is 8.79. The van der Waals surface area contributed by atoms with E-state index in [1.165, 1.54) is 6.20 Å². The number of aromatic nitrogens is 3. The van der Waals surface area contributed by atoms with Crippen LogP contribution in [0.25, 0.3) is 21.9 Å². The molecule has 8 nitrogen and oxygen atoms in total. The molecule has 1 atom stereocenters. The third-order valence-electron chi connectivity index (χ3n) is 7.90. The average Bonchev–Trinajstić information content (AvgIpc) is 3.49. The Labute approximate surface area is 252 Å². The van der Waals surface area contributed by atoms with Gasteiger partial charge in [-0.3, -0.25) is 9.99 Å². The van der Waals surface area contributed by atoms with Crippen molar-refractivity contribution in [3.63, 3.8) is 0 Å². The SMILES string of the molecule is C#Cc1cnc2c(Cl)cc(N[C@H](C3=CN(C4(C(F)(F)F)CC4)NN3)c3cccc4c3ncn4C)cc2c1NCC(C)(C)C. The third-order valence-corrected chi connectivity index (χ3v) is 8.18. The van der Waals surface area contributed by atoms with Crippen LogP contribution in [0.5, 0.6) is 0 Å². The Morgan fingerprint density at radius 2 is 1.93 bits per heavy atom. The number of rotatable bonds is 7. The first kappa shape index (κ1) is 29.0. The Balaban J connectivity index is 1.46. The molecule has 0 amide bonds. The van der Waals surface area contributed by atoms with E-state index in [1.54, 1.807) is 18.6 Å². The van der Waals surface area contributed by atoms with Crippen LogP contribution in [0.1, 0.15) is 50.8 Å². The Morgan fingerprint density at radius 3 is 2.60 bits per heavy atom. The summed E-state index contributed by atoms with van der Waals surface area (Å²) in [5.41, 5.74) is 9.17. The monoisotopic (exact) mass is 608 g/mol. The largest absolute Gasteiger partial charge is 0.413 e. The van der Waals surface area contributed by atoms with Crippen molar-refractivity contribution in [2.75, 3.05) is 17.2 Å². The summed E-state index contributed by atoms with van der Waals surface area (Å²) in [7, 11) is 1.89. The van der Waals surface area contributed by atoms with E-state index in [9.17, 15) is 13.2 Å². The second-order valence-electron chi connectivity index (χ2n) is 12.3. The Hall–Kier alpha value is -4.14. The first-order chi connectivity index (χ1) is 20.3. The second kappa shape index (κ2) is 10.2. The molecule has 0 radical (unpaired) electrons. The fourth-order valence-corrected chi connectivity index (χ4v) is 5.65. The average molecular weight is 609 g/mol. The number of alkyl halides is 3. The lowest BCUT2D eigenvalue weighted by atomic mass is 9.96. The number of fused-ring (bicyclic) bond motifs is 2. The summed E-state index contributed by atoms with van der Waals surface area (Å²) < 4.78 is 43.8. The highest BCUT2D eigenvalue weighted by Crippen LogP contribution is 2.54. The van der Waals surface area contributed by atoms with Crippen LogP contribution in [0.4, 0.5) is 24.5 Å². The molecule has 43 heavy (non-hydrogen) atoms. The van der Waals surface area contributed by atoms with Crippen LogP contribution in [-0.4, -0.2) is 37.8 Å². The van der Waals surface area contributed by atoms with Crippen molar-refractivity contribution in [1.82, 2.24) is 30.5 Å². The number of pyridine rings is 1. The predicted molar refractivity (Wildman–Crippen MR) is 164 cm³/mol. The van der Waals surface area contributed by atoms with E-state index in [-0.39, 0.29) is 18.3 Å². The van der Waals surface area contributed by atoms with Crippen LogP contribution < -0.4 is 21.6 Å². The molecule has 1 fully saturated rings. The number of anilines is 2. The number of terminal acetylenes is 1. The maximum atomic E-state index is 14.0. The van der Waals surface area contributed by atoms with Crippen LogP contribution in [0.15, 0.2) is 54.8 Å². The molecule has 0 spiro atoms. The molecule has 0 bridgehead atoms. The van der Waals surface area contributed by atoms with E-state index in [1.807, 2.05) is 35.9 Å². The van der Waals surface area contributed by atoms with E-state index < -0.39 is 17.8 Å². The smallest absolute Gasteiger partial charge is 0.383 e. The fraction of sp³-hybridized carbons (Fsp3) is 0.355. The Bertz CT molecular complexity index is 1790. The van der Waals surface area contributed by atoms with Crippen LogP contribution in [0, 0.1) is 17.8 Å². The molecule has 4 aromatic rings. The number of halogens is 4. The van der Waals surface area contributed by atoms with Crippen molar-refractivity contribution in [2.45, 2.75) is 51.4 Å². The molecule has 2 aliphatic rings. The van der Waals surface area contributed by atoms with Gasteiger partial charge >= 0.3 is 6.18 Å². The molecule has 2 aromatic heterocycles.